The summed E-state index contributed by atoms with van der Waals surface area (Å²) in [5, 5.41) is 3.39. The number of rotatable bonds is 10. The number of unbranched alkanes of at least 4 members (excludes halogenated alkanes) is 5. The fourth-order valence-corrected chi connectivity index (χ4v) is 4.54. The van der Waals surface area contributed by atoms with Crippen LogP contribution in [0.5, 0.6) is 0 Å². The number of amides is 1. The normalized spacial score (nSPS) is 11.2. The van der Waals surface area contributed by atoms with Crippen molar-refractivity contribution in [2.24, 2.45) is 0 Å². The molecular formula is C23H28FN3O2S. The largest absolute Gasteiger partial charge is 0.351 e. The van der Waals surface area contributed by atoms with Crippen molar-refractivity contribution in [1.82, 2.24) is 14.9 Å². The second-order valence-corrected chi connectivity index (χ2v) is 8.53. The van der Waals surface area contributed by atoms with E-state index in [1.54, 1.807) is 25.1 Å². The summed E-state index contributed by atoms with van der Waals surface area (Å²) in [6, 6.07) is 6.36. The number of hydrogen-bond acceptors (Lipinski definition) is 4. The lowest BCUT2D eigenvalue weighted by Gasteiger charge is -2.06. The first-order chi connectivity index (χ1) is 14.5. The van der Waals surface area contributed by atoms with Crippen LogP contribution in [0.1, 0.15) is 66.2 Å². The van der Waals surface area contributed by atoms with Gasteiger partial charge in [0.1, 0.15) is 10.6 Å². The van der Waals surface area contributed by atoms with Crippen LogP contribution in [0.4, 0.5) is 4.39 Å². The molecule has 0 aliphatic heterocycles. The van der Waals surface area contributed by atoms with Gasteiger partial charge in [-0.25, -0.2) is 9.37 Å². The van der Waals surface area contributed by atoms with Gasteiger partial charge in [-0.2, -0.15) is 0 Å². The first-order valence-corrected chi connectivity index (χ1v) is 11.3. The Morgan fingerprint density at radius 2 is 1.90 bits per heavy atom. The number of aromatic nitrogens is 2. The van der Waals surface area contributed by atoms with Crippen LogP contribution in [0.15, 0.2) is 35.4 Å². The lowest BCUT2D eigenvalue weighted by Crippen LogP contribution is -2.24. The van der Waals surface area contributed by atoms with Crippen molar-refractivity contribution < 1.29 is 9.18 Å². The number of carbonyl (C=O) groups is 1. The maximum absolute atomic E-state index is 14.0. The Bertz CT molecular complexity index is 1070. The molecule has 2 aromatic heterocycles. The van der Waals surface area contributed by atoms with Gasteiger partial charge in [-0.3, -0.25) is 14.2 Å². The molecule has 3 rings (SSSR count). The Kier molecular flexibility index (Phi) is 7.74. The smallest absolute Gasteiger partial charge is 0.262 e. The minimum Gasteiger partial charge on any atom is -0.351 e. The zero-order valence-corrected chi connectivity index (χ0v) is 18.4. The third-order valence-electron chi connectivity index (χ3n) is 5.24. The highest BCUT2D eigenvalue weighted by atomic mass is 32.1. The van der Waals surface area contributed by atoms with E-state index in [4.69, 9.17) is 0 Å². The number of nitrogens with one attached hydrogen (secondary N) is 1. The lowest BCUT2D eigenvalue weighted by atomic mass is 10.1. The molecule has 1 aromatic carbocycles. The quantitative estimate of drug-likeness (QED) is 0.459. The van der Waals surface area contributed by atoms with Crippen molar-refractivity contribution in [1.29, 1.82) is 0 Å². The average molecular weight is 430 g/mol. The van der Waals surface area contributed by atoms with E-state index in [1.165, 1.54) is 54.0 Å². The lowest BCUT2D eigenvalue weighted by molar-refractivity contribution is 0.0956. The van der Waals surface area contributed by atoms with Gasteiger partial charge in [0.15, 0.2) is 0 Å². The zero-order valence-electron chi connectivity index (χ0n) is 17.5. The molecule has 0 saturated carbocycles. The zero-order chi connectivity index (χ0) is 21.5. The van der Waals surface area contributed by atoms with Crippen LogP contribution >= 0.6 is 11.3 Å². The molecule has 2 heterocycles. The first-order valence-electron chi connectivity index (χ1n) is 10.5. The van der Waals surface area contributed by atoms with E-state index in [2.05, 4.69) is 17.2 Å². The average Bonchev–Trinajstić information content (AvgIpc) is 3.08. The van der Waals surface area contributed by atoms with Crippen molar-refractivity contribution in [3.8, 4) is 0 Å². The summed E-state index contributed by atoms with van der Waals surface area (Å²) in [6.07, 6.45) is 8.39. The van der Waals surface area contributed by atoms with Crippen molar-refractivity contribution in [3.05, 3.63) is 62.8 Å². The molecule has 3 aromatic rings. The molecule has 0 saturated heterocycles. The van der Waals surface area contributed by atoms with Gasteiger partial charge < -0.3 is 5.32 Å². The molecule has 30 heavy (non-hydrogen) atoms. The van der Waals surface area contributed by atoms with E-state index in [0.717, 1.165) is 12.8 Å². The van der Waals surface area contributed by atoms with Crippen LogP contribution in [0, 0.1) is 12.7 Å². The molecular weight excluding hydrogens is 401 g/mol. The van der Waals surface area contributed by atoms with E-state index in [1.807, 2.05) is 0 Å². The Morgan fingerprint density at radius 1 is 1.17 bits per heavy atom. The predicted octanol–water partition coefficient (Wildman–Crippen LogP) is 5.04. The van der Waals surface area contributed by atoms with Crippen molar-refractivity contribution in [3.63, 3.8) is 0 Å². The number of benzene rings is 1. The minimum absolute atomic E-state index is 0.100. The van der Waals surface area contributed by atoms with Gasteiger partial charge in [0.05, 0.1) is 23.1 Å². The maximum Gasteiger partial charge on any atom is 0.262 e. The summed E-state index contributed by atoms with van der Waals surface area (Å²) in [6.45, 7) is 4.69. The molecule has 0 spiro atoms. The minimum atomic E-state index is -0.360. The third-order valence-corrected chi connectivity index (χ3v) is 6.44. The summed E-state index contributed by atoms with van der Waals surface area (Å²) in [5.74, 6) is -0.523. The van der Waals surface area contributed by atoms with Gasteiger partial charge in [-0.05, 0) is 25.0 Å². The number of halogens is 1. The first kappa shape index (κ1) is 22.2. The topological polar surface area (TPSA) is 64.0 Å². The summed E-state index contributed by atoms with van der Waals surface area (Å²) in [7, 11) is 0. The Morgan fingerprint density at radius 3 is 2.67 bits per heavy atom. The summed E-state index contributed by atoms with van der Waals surface area (Å²) < 4.78 is 15.3. The number of fused-ring (bicyclic) bond motifs is 1. The molecule has 160 valence electrons. The van der Waals surface area contributed by atoms with Gasteiger partial charge >= 0.3 is 0 Å². The Balaban J connectivity index is 1.71. The summed E-state index contributed by atoms with van der Waals surface area (Å²) in [4.78, 5) is 31.0. The number of thiophene rings is 1. The molecule has 7 heteroatoms. The summed E-state index contributed by atoms with van der Waals surface area (Å²) >= 11 is 1.23. The molecule has 0 fully saturated rings. The van der Waals surface area contributed by atoms with E-state index in [9.17, 15) is 14.0 Å². The van der Waals surface area contributed by atoms with Crippen molar-refractivity contribution in [2.75, 3.05) is 6.54 Å². The second kappa shape index (κ2) is 10.5. The SMILES string of the molecule is CCCCCCCCNC(=O)c1sc2ncn(Cc3ccccc3F)c(=O)c2c1C. The molecule has 0 bridgehead atoms. The van der Waals surface area contributed by atoms with Crippen LogP contribution in [-0.2, 0) is 6.54 Å². The van der Waals surface area contributed by atoms with Crippen molar-refractivity contribution >= 4 is 27.5 Å². The van der Waals surface area contributed by atoms with E-state index >= 15 is 0 Å². The number of carbonyl (C=O) groups excluding carboxylic acids is 1. The standard InChI is InChI=1S/C23H28FN3O2S/c1-3-4-5-6-7-10-13-25-21(28)20-16(2)19-22(30-20)26-15-27(23(19)29)14-17-11-8-9-12-18(17)24/h8-9,11-12,15H,3-7,10,13-14H2,1-2H3,(H,25,28). The monoisotopic (exact) mass is 429 g/mol. The van der Waals surface area contributed by atoms with E-state index in [0.29, 0.717) is 32.8 Å². The van der Waals surface area contributed by atoms with Crippen LogP contribution in [0.2, 0.25) is 0 Å². The van der Waals surface area contributed by atoms with E-state index in [-0.39, 0.29) is 23.8 Å². The maximum atomic E-state index is 14.0. The molecule has 5 nitrogen and oxygen atoms in total. The van der Waals surface area contributed by atoms with Gasteiger partial charge in [-0.15, -0.1) is 11.3 Å². The van der Waals surface area contributed by atoms with Gasteiger partial charge in [0.2, 0.25) is 0 Å². The second-order valence-electron chi connectivity index (χ2n) is 7.53. The highest BCUT2D eigenvalue weighted by Gasteiger charge is 2.19. The Labute approximate surface area is 180 Å². The van der Waals surface area contributed by atoms with Crippen molar-refractivity contribution in [2.45, 2.75) is 58.9 Å². The molecule has 0 unspecified atom stereocenters. The van der Waals surface area contributed by atoms with Gasteiger partial charge in [0, 0.05) is 12.1 Å². The Hall–Kier alpha value is -2.54. The number of nitrogens with zero attached hydrogens (tertiary/aromatic N) is 2. The molecule has 0 aliphatic carbocycles. The highest BCUT2D eigenvalue weighted by Crippen LogP contribution is 2.26. The fourth-order valence-electron chi connectivity index (χ4n) is 3.49. The molecule has 0 atom stereocenters. The van der Waals surface area contributed by atoms with E-state index < -0.39 is 0 Å². The molecule has 1 N–H and O–H groups in total. The number of hydrogen-bond donors (Lipinski definition) is 1. The predicted molar refractivity (Wildman–Crippen MR) is 120 cm³/mol. The molecule has 0 radical (unpaired) electrons. The van der Waals surface area contributed by atoms with Crippen LogP contribution in [0.3, 0.4) is 0 Å². The van der Waals surface area contributed by atoms with Crippen LogP contribution in [-0.4, -0.2) is 22.0 Å². The van der Waals surface area contributed by atoms with Gasteiger partial charge in [-0.1, -0.05) is 57.2 Å². The number of aryl methyl sites for hydroxylation is 1. The van der Waals surface area contributed by atoms with Crippen LogP contribution in [0.25, 0.3) is 10.2 Å². The fraction of sp³-hybridized carbons (Fsp3) is 0.435. The van der Waals surface area contributed by atoms with Gasteiger partial charge in [0.25, 0.3) is 11.5 Å². The molecule has 0 aliphatic rings. The molecule has 1 amide bonds. The summed E-state index contributed by atoms with van der Waals surface area (Å²) in [5.41, 5.74) is 0.799. The van der Waals surface area contributed by atoms with Crippen LogP contribution < -0.4 is 10.9 Å². The highest BCUT2D eigenvalue weighted by molar-refractivity contribution is 7.20. The third kappa shape index (κ3) is 5.14.